The summed E-state index contributed by atoms with van der Waals surface area (Å²) in [7, 11) is 0. The first-order chi connectivity index (χ1) is 10.7. The van der Waals surface area contributed by atoms with E-state index in [1.807, 2.05) is 48.5 Å². The molecule has 0 unspecified atom stereocenters. The summed E-state index contributed by atoms with van der Waals surface area (Å²) in [6, 6.07) is 16.0. The maximum Gasteiger partial charge on any atom is 0.0359 e. The number of halogens is 2. The van der Waals surface area contributed by atoms with Crippen LogP contribution in [0.3, 0.4) is 0 Å². The van der Waals surface area contributed by atoms with Gasteiger partial charge >= 0.3 is 0 Å². The van der Waals surface area contributed by atoms with Crippen LogP contribution in [0.25, 0.3) is 0 Å². The molecular formula is C16H22Cl2N4Na2. The third-order valence-electron chi connectivity index (χ3n) is 3.00. The Bertz CT molecular complexity index is 510. The van der Waals surface area contributed by atoms with Crippen molar-refractivity contribution in [2.75, 3.05) is 0 Å². The maximum absolute atomic E-state index is 5.46. The van der Waals surface area contributed by atoms with Crippen LogP contribution >= 0.6 is 23.6 Å². The molecule has 2 rings (SSSR count). The SMILES string of the molecule is NCc1cccc(CNCl)c1.NCc1cccc(CNCl)c1.[Na].[Na]. The average Bonchev–Trinajstić information content (AvgIpc) is 2.56. The molecular weight excluding hydrogens is 365 g/mol. The summed E-state index contributed by atoms with van der Waals surface area (Å²) in [4.78, 5) is 5.13. The van der Waals surface area contributed by atoms with Crippen molar-refractivity contribution in [3.8, 4) is 0 Å². The van der Waals surface area contributed by atoms with Crippen LogP contribution < -0.4 is 21.1 Å². The summed E-state index contributed by atoms with van der Waals surface area (Å²) in [6.07, 6.45) is 0. The first-order valence-electron chi connectivity index (χ1n) is 6.96. The predicted molar refractivity (Wildman–Crippen MR) is 106 cm³/mol. The minimum absolute atomic E-state index is 0. The monoisotopic (exact) mass is 386 g/mol. The van der Waals surface area contributed by atoms with Gasteiger partial charge in [-0.2, -0.15) is 0 Å². The second-order valence-electron chi connectivity index (χ2n) is 4.67. The Morgan fingerprint density at radius 2 is 1.00 bits per heavy atom. The minimum Gasteiger partial charge on any atom is -0.326 e. The zero-order chi connectivity index (χ0) is 16.2. The van der Waals surface area contributed by atoms with Crippen molar-refractivity contribution in [2.45, 2.75) is 26.2 Å². The van der Waals surface area contributed by atoms with Crippen LogP contribution in [0.2, 0.25) is 0 Å². The molecule has 0 aliphatic carbocycles. The molecule has 2 aromatic carbocycles. The molecule has 2 radical (unpaired) electrons. The Kier molecular flexibility index (Phi) is 19.5. The Hall–Kier alpha value is 0.860. The topological polar surface area (TPSA) is 76.1 Å². The fraction of sp³-hybridized carbons (Fsp3) is 0.250. The maximum atomic E-state index is 5.46. The van der Waals surface area contributed by atoms with E-state index < -0.39 is 0 Å². The molecule has 0 saturated carbocycles. The summed E-state index contributed by atoms with van der Waals surface area (Å²) in [5.74, 6) is 0. The molecule has 0 heterocycles. The van der Waals surface area contributed by atoms with Gasteiger partial charge in [0.25, 0.3) is 0 Å². The Labute approximate surface area is 198 Å². The summed E-state index contributed by atoms with van der Waals surface area (Å²) >= 11 is 10.7. The van der Waals surface area contributed by atoms with E-state index in [4.69, 9.17) is 35.0 Å². The third-order valence-corrected chi connectivity index (χ3v) is 3.26. The van der Waals surface area contributed by atoms with Gasteiger partial charge in [0.2, 0.25) is 0 Å². The molecule has 0 aromatic heterocycles. The molecule has 0 spiro atoms. The van der Waals surface area contributed by atoms with Gasteiger partial charge in [-0.05, 0) is 45.8 Å². The number of hydrogen-bond donors (Lipinski definition) is 4. The van der Waals surface area contributed by atoms with Gasteiger partial charge in [0.1, 0.15) is 0 Å². The molecule has 0 atom stereocenters. The van der Waals surface area contributed by atoms with Crippen molar-refractivity contribution in [1.82, 2.24) is 9.67 Å². The van der Waals surface area contributed by atoms with Crippen LogP contribution in [0.1, 0.15) is 22.3 Å². The molecule has 0 bridgehead atoms. The van der Waals surface area contributed by atoms with Crippen LogP contribution in [0.5, 0.6) is 0 Å². The second kappa shape index (κ2) is 17.3. The van der Waals surface area contributed by atoms with Gasteiger partial charge in [0.05, 0.1) is 0 Å². The van der Waals surface area contributed by atoms with Crippen molar-refractivity contribution in [1.29, 1.82) is 0 Å². The van der Waals surface area contributed by atoms with Gasteiger partial charge in [-0.15, -0.1) is 0 Å². The molecule has 0 fully saturated rings. The molecule has 2 aromatic rings. The Morgan fingerprint density at radius 3 is 1.29 bits per heavy atom. The van der Waals surface area contributed by atoms with Crippen LogP contribution in [0.15, 0.2) is 48.5 Å². The van der Waals surface area contributed by atoms with Crippen molar-refractivity contribution in [3.05, 3.63) is 70.8 Å². The van der Waals surface area contributed by atoms with E-state index >= 15 is 0 Å². The largest absolute Gasteiger partial charge is 0.326 e. The summed E-state index contributed by atoms with van der Waals surface area (Å²) in [5, 5.41) is 0. The summed E-state index contributed by atoms with van der Waals surface area (Å²) < 4.78 is 0. The van der Waals surface area contributed by atoms with Gasteiger partial charge in [-0.1, -0.05) is 48.5 Å². The molecule has 122 valence electrons. The van der Waals surface area contributed by atoms with E-state index in [9.17, 15) is 0 Å². The molecule has 0 saturated heterocycles. The minimum atomic E-state index is 0. The van der Waals surface area contributed by atoms with E-state index in [1.165, 1.54) is 0 Å². The fourth-order valence-electron chi connectivity index (χ4n) is 1.89. The van der Waals surface area contributed by atoms with E-state index in [0.29, 0.717) is 26.2 Å². The van der Waals surface area contributed by atoms with Gasteiger partial charge in [-0.3, -0.25) is 0 Å². The molecule has 4 nitrogen and oxygen atoms in total. The van der Waals surface area contributed by atoms with E-state index in [2.05, 4.69) is 9.67 Å². The van der Waals surface area contributed by atoms with Crippen molar-refractivity contribution in [3.63, 3.8) is 0 Å². The average molecular weight is 387 g/mol. The van der Waals surface area contributed by atoms with Crippen molar-refractivity contribution < 1.29 is 0 Å². The molecule has 0 aliphatic heterocycles. The first-order valence-corrected chi connectivity index (χ1v) is 7.71. The third kappa shape index (κ3) is 11.5. The van der Waals surface area contributed by atoms with E-state index in [1.54, 1.807) is 0 Å². The zero-order valence-corrected chi connectivity index (χ0v) is 19.9. The second-order valence-corrected chi connectivity index (χ2v) is 5.20. The molecule has 6 N–H and O–H groups in total. The van der Waals surface area contributed by atoms with Crippen LogP contribution in [-0.4, -0.2) is 59.1 Å². The normalized spacial score (nSPS) is 9.17. The molecule has 8 heteroatoms. The quantitative estimate of drug-likeness (QED) is 0.452. The molecule has 0 amide bonds. The number of hydrogen-bond acceptors (Lipinski definition) is 4. The van der Waals surface area contributed by atoms with Crippen LogP contribution in [-0.2, 0) is 26.2 Å². The predicted octanol–water partition coefficient (Wildman–Crippen LogP) is 2.02. The number of rotatable bonds is 6. The number of benzene rings is 2. The number of nitrogens with two attached hydrogens (primary N) is 2. The molecule has 24 heavy (non-hydrogen) atoms. The van der Waals surface area contributed by atoms with E-state index in [0.717, 1.165) is 22.3 Å². The van der Waals surface area contributed by atoms with E-state index in [-0.39, 0.29) is 59.1 Å². The summed E-state index contributed by atoms with van der Waals surface area (Å²) in [6.45, 7) is 2.51. The standard InChI is InChI=1S/2C8H11ClN2.2Na/c2*9-11-6-8-3-1-2-7(4-8)5-10;;/h2*1-4,11H,5-6,10H2;;. The molecule has 0 aliphatic rings. The number of nitrogens with one attached hydrogen (secondary N) is 2. The fourth-order valence-corrected chi connectivity index (χ4v) is 2.20. The van der Waals surface area contributed by atoms with Crippen LogP contribution in [0, 0.1) is 0 Å². The van der Waals surface area contributed by atoms with Crippen molar-refractivity contribution in [2.24, 2.45) is 11.5 Å². The van der Waals surface area contributed by atoms with Crippen LogP contribution in [0.4, 0.5) is 0 Å². The smallest absolute Gasteiger partial charge is 0.0359 e. The van der Waals surface area contributed by atoms with Gasteiger partial charge in [0.15, 0.2) is 0 Å². The van der Waals surface area contributed by atoms with Gasteiger partial charge in [-0.25, -0.2) is 9.67 Å². The first kappa shape index (κ1) is 27.1. The van der Waals surface area contributed by atoms with Crippen molar-refractivity contribution >= 4 is 82.7 Å². The Balaban J connectivity index is 0. The van der Waals surface area contributed by atoms with Gasteiger partial charge in [0, 0.05) is 85.3 Å². The Morgan fingerprint density at radius 1 is 0.667 bits per heavy atom. The zero-order valence-electron chi connectivity index (χ0n) is 14.4. The summed E-state index contributed by atoms with van der Waals surface area (Å²) in [5.41, 5.74) is 15.5. The van der Waals surface area contributed by atoms with Gasteiger partial charge < -0.3 is 11.5 Å².